The molecule has 0 atom stereocenters. The molecule has 0 aliphatic heterocycles. The van der Waals surface area contributed by atoms with Gasteiger partial charge in [0.1, 0.15) is 12.1 Å². The lowest BCUT2D eigenvalue weighted by molar-refractivity contribution is -0.121. The summed E-state index contributed by atoms with van der Waals surface area (Å²) in [5, 5.41) is 19.6. The van der Waals surface area contributed by atoms with Crippen LogP contribution >= 0.6 is 0 Å². The van der Waals surface area contributed by atoms with Gasteiger partial charge in [-0.1, -0.05) is 29.5 Å². The topological polar surface area (TPSA) is 83.6 Å². The number of nitrogens with one attached hydrogen (secondary N) is 1. The van der Waals surface area contributed by atoms with Gasteiger partial charge in [-0.3, -0.25) is 4.79 Å². The summed E-state index contributed by atoms with van der Waals surface area (Å²) in [6.45, 7) is 0.536. The van der Waals surface area contributed by atoms with Gasteiger partial charge >= 0.3 is 0 Å². The maximum atomic E-state index is 12.0. The molecule has 6 nitrogen and oxygen atoms in total. The molecule has 0 radical (unpaired) electrons. The lowest BCUT2D eigenvalue weighted by Crippen LogP contribution is -2.27. The number of rotatable bonds is 4. The quantitative estimate of drug-likeness (QED) is 0.791. The van der Waals surface area contributed by atoms with E-state index < -0.39 is 0 Å². The molecule has 0 bridgehead atoms. The molecular formula is C16H13N5O. The number of nitrogens with zero attached hydrogens (tertiary/aromatic N) is 4. The summed E-state index contributed by atoms with van der Waals surface area (Å²) in [6.07, 6.45) is 0. The van der Waals surface area contributed by atoms with E-state index in [9.17, 15) is 4.79 Å². The fourth-order valence-corrected chi connectivity index (χ4v) is 2.12. The first-order valence-corrected chi connectivity index (χ1v) is 6.80. The van der Waals surface area contributed by atoms with Crippen LogP contribution in [0, 0.1) is 11.3 Å². The van der Waals surface area contributed by atoms with Gasteiger partial charge in [0, 0.05) is 6.54 Å². The zero-order valence-electron chi connectivity index (χ0n) is 11.7. The highest BCUT2D eigenvalue weighted by Gasteiger charge is 2.08. The largest absolute Gasteiger partial charge is 0.350 e. The van der Waals surface area contributed by atoms with E-state index in [0.717, 1.165) is 16.6 Å². The molecular weight excluding hydrogens is 278 g/mol. The number of carbonyl (C=O) groups excluding carboxylic acids is 1. The smallest absolute Gasteiger partial charge is 0.242 e. The van der Waals surface area contributed by atoms with E-state index in [1.807, 2.05) is 36.4 Å². The molecule has 1 N–H and O–H groups in total. The Morgan fingerprint density at radius 1 is 1.18 bits per heavy atom. The van der Waals surface area contributed by atoms with Crippen LogP contribution < -0.4 is 5.32 Å². The Hall–Kier alpha value is -3.20. The molecule has 6 heteroatoms. The molecule has 1 amide bonds. The van der Waals surface area contributed by atoms with Crippen LogP contribution in [0.25, 0.3) is 11.0 Å². The van der Waals surface area contributed by atoms with Crippen LogP contribution in [0.2, 0.25) is 0 Å². The van der Waals surface area contributed by atoms with Crippen molar-refractivity contribution in [2.45, 2.75) is 13.1 Å². The molecule has 0 aliphatic carbocycles. The van der Waals surface area contributed by atoms with Gasteiger partial charge in [0.25, 0.3) is 0 Å². The van der Waals surface area contributed by atoms with Gasteiger partial charge in [-0.25, -0.2) is 4.68 Å². The van der Waals surface area contributed by atoms with Crippen molar-refractivity contribution in [3.8, 4) is 6.07 Å². The van der Waals surface area contributed by atoms with E-state index in [-0.39, 0.29) is 12.5 Å². The SMILES string of the molecule is N#Cc1ccc(CNC(=O)Cn2nnc3ccccc32)cc1. The highest BCUT2D eigenvalue weighted by Crippen LogP contribution is 2.09. The van der Waals surface area contributed by atoms with Crippen LogP contribution in [0.15, 0.2) is 48.5 Å². The average molecular weight is 291 g/mol. The molecule has 0 aliphatic rings. The van der Waals surface area contributed by atoms with Crippen molar-refractivity contribution < 1.29 is 4.79 Å². The lowest BCUT2D eigenvalue weighted by Gasteiger charge is -2.06. The van der Waals surface area contributed by atoms with Crippen molar-refractivity contribution in [1.82, 2.24) is 20.3 Å². The Balaban J connectivity index is 1.61. The van der Waals surface area contributed by atoms with Gasteiger partial charge in [0.2, 0.25) is 5.91 Å². The van der Waals surface area contributed by atoms with Crippen molar-refractivity contribution in [2.24, 2.45) is 0 Å². The molecule has 0 spiro atoms. The predicted molar refractivity (Wildman–Crippen MR) is 80.5 cm³/mol. The van der Waals surface area contributed by atoms with E-state index in [1.54, 1.807) is 16.8 Å². The number of amides is 1. The third kappa shape index (κ3) is 2.94. The number of hydrogen-bond acceptors (Lipinski definition) is 4. The predicted octanol–water partition coefficient (Wildman–Crippen LogP) is 1.62. The van der Waals surface area contributed by atoms with E-state index >= 15 is 0 Å². The van der Waals surface area contributed by atoms with Crippen LogP contribution in [0.5, 0.6) is 0 Å². The number of hydrogen-bond donors (Lipinski definition) is 1. The van der Waals surface area contributed by atoms with Gasteiger partial charge in [-0.15, -0.1) is 5.10 Å². The van der Waals surface area contributed by atoms with E-state index in [0.29, 0.717) is 12.1 Å². The summed E-state index contributed by atoms with van der Waals surface area (Å²) < 4.78 is 1.57. The highest BCUT2D eigenvalue weighted by molar-refractivity contribution is 5.79. The second-order valence-electron chi connectivity index (χ2n) is 4.82. The van der Waals surface area contributed by atoms with Crippen molar-refractivity contribution in [3.63, 3.8) is 0 Å². The number of carbonyl (C=O) groups is 1. The molecule has 0 fully saturated rings. The van der Waals surface area contributed by atoms with Gasteiger partial charge in [-0.05, 0) is 29.8 Å². The minimum absolute atomic E-state index is 0.122. The summed E-state index contributed by atoms with van der Waals surface area (Å²) in [7, 11) is 0. The number of aromatic nitrogens is 3. The Morgan fingerprint density at radius 2 is 1.95 bits per heavy atom. The molecule has 1 aromatic heterocycles. The average Bonchev–Trinajstić information content (AvgIpc) is 2.97. The Kier molecular flexibility index (Phi) is 3.79. The molecule has 0 saturated carbocycles. The van der Waals surface area contributed by atoms with Crippen molar-refractivity contribution in [3.05, 3.63) is 59.7 Å². The maximum Gasteiger partial charge on any atom is 0.242 e. The fraction of sp³-hybridized carbons (Fsp3) is 0.125. The van der Waals surface area contributed by atoms with Gasteiger partial charge in [0.05, 0.1) is 17.1 Å². The Labute approximate surface area is 127 Å². The normalized spacial score (nSPS) is 10.3. The van der Waals surface area contributed by atoms with E-state index in [4.69, 9.17) is 5.26 Å². The van der Waals surface area contributed by atoms with Crippen LogP contribution in [-0.4, -0.2) is 20.9 Å². The third-order valence-electron chi connectivity index (χ3n) is 3.29. The van der Waals surface area contributed by atoms with E-state index in [2.05, 4.69) is 21.7 Å². The van der Waals surface area contributed by atoms with E-state index in [1.165, 1.54) is 0 Å². The first-order valence-electron chi connectivity index (χ1n) is 6.80. The van der Waals surface area contributed by atoms with Crippen molar-refractivity contribution >= 4 is 16.9 Å². The molecule has 0 unspecified atom stereocenters. The third-order valence-corrected chi connectivity index (χ3v) is 3.29. The summed E-state index contributed by atoms with van der Waals surface area (Å²) in [5.41, 5.74) is 3.14. The van der Waals surface area contributed by atoms with Gasteiger partial charge in [0.15, 0.2) is 0 Å². The summed E-state index contributed by atoms with van der Waals surface area (Å²) in [5.74, 6) is -0.139. The highest BCUT2D eigenvalue weighted by atomic mass is 16.2. The second-order valence-corrected chi connectivity index (χ2v) is 4.82. The zero-order valence-corrected chi connectivity index (χ0v) is 11.7. The van der Waals surface area contributed by atoms with Crippen LogP contribution in [0.1, 0.15) is 11.1 Å². The molecule has 108 valence electrons. The zero-order chi connectivity index (χ0) is 15.4. The van der Waals surface area contributed by atoms with Crippen LogP contribution in [-0.2, 0) is 17.9 Å². The van der Waals surface area contributed by atoms with Crippen molar-refractivity contribution in [2.75, 3.05) is 0 Å². The number of fused-ring (bicyclic) bond motifs is 1. The standard InChI is InChI=1S/C16H13N5O/c17-9-12-5-7-13(8-6-12)10-18-16(22)11-21-15-4-2-1-3-14(15)19-20-21/h1-8H,10-11H2,(H,18,22). The molecule has 1 heterocycles. The Bertz CT molecular complexity index is 845. The molecule has 0 saturated heterocycles. The Morgan fingerprint density at radius 3 is 2.73 bits per heavy atom. The summed E-state index contributed by atoms with van der Waals surface area (Å²) in [4.78, 5) is 12.0. The molecule has 3 aromatic rings. The first-order chi connectivity index (χ1) is 10.8. The number of para-hydroxylation sites is 1. The molecule has 2 aromatic carbocycles. The van der Waals surface area contributed by atoms with Gasteiger partial charge in [-0.2, -0.15) is 5.26 Å². The fourth-order valence-electron chi connectivity index (χ4n) is 2.12. The minimum Gasteiger partial charge on any atom is -0.350 e. The molecule has 22 heavy (non-hydrogen) atoms. The van der Waals surface area contributed by atoms with Crippen LogP contribution in [0.4, 0.5) is 0 Å². The maximum absolute atomic E-state index is 12.0. The van der Waals surface area contributed by atoms with Gasteiger partial charge < -0.3 is 5.32 Å². The van der Waals surface area contributed by atoms with Crippen LogP contribution in [0.3, 0.4) is 0 Å². The van der Waals surface area contributed by atoms with Crippen molar-refractivity contribution in [1.29, 1.82) is 5.26 Å². The lowest BCUT2D eigenvalue weighted by atomic mass is 10.1. The second kappa shape index (κ2) is 6.06. The number of benzene rings is 2. The summed E-state index contributed by atoms with van der Waals surface area (Å²) >= 11 is 0. The first kappa shape index (κ1) is 13.8. The summed E-state index contributed by atoms with van der Waals surface area (Å²) in [6, 6.07) is 16.7. The monoisotopic (exact) mass is 291 g/mol. The minimum atomic E-state index is -0.139. The number of nitriles is 1. The molecule has 3 rings (SSSR count).